The largest absolute Gasteiger partial charge is 0.468 e. The van der Waals surface area contributed by atoms with Crippen LogP contribution >= 0.6 is 0 Å². The lowest BCUT2D eigenvalue weighted by atomic mass is 10.3. The Morgan fingerprint density at radius 2 is 1.93 bits per heavy atom. The van der Waals surface area contributed by atoms with E-state index in [-0.39, 0.29) is 12.0 Å². The molecule has 0 radical (unpaired) electrons. The van der Waals surface area contributed by atoms with Crippen LogP contribution in [0.1, 0.15) is 13.8 Å². The number of hydrogen-bond acceptors (Lipinski definition) is 5. The molecule has 0 saturated heterocycles. The van der Waals surface area contributed by atoms with Crippen LogP contribution in [0.25, 0.3) is 0 Å². The van der Waals surface area contributed by atoms with Gasteiger partial charge in [0.2, 0.25) is 0 Å². The number of nitrogens with one attached hydrogen (secondary N) is 1. The van der Waals surface area contributed by atoms with Gasteiger partial charge >= 0.3 is 5.97 Å². The van der Waals surface area contributed by atoms with E-state index in [0.717, 1.165) is 0 Å². The number of likely N-dealkylation sites (N-methyl/N-ethyl adjacent to an activating group) is 1. The molecule has 0 heterocycles. The summed E-state index contributed by atoms with van der Waals surface area (Å²) in [6.45, 7) is 6.59. The Balaban J connectivity index is 3.61. The molecule has 0 amide bonds. The molecule has 0 aliphatic carbocycles. The zero-order chi connectivity index (χ0) is 11.5. The highest BCUT2D eigenvalue weighted by atomic mass is 16.5. The van der Waals surface area contributed by atoms with Crippen LogP contribution in [0.4, 0.5) is 0 Å². The van der Waals surface area contributed by atoms with E-state index in [9.17, 15) is 4.79 Å². The van der Waals surface area contributed by atoms with Crippen molar-refractivity contribution in [3.63, 3.8) is 0 Å². The third-order valence-electron chi connectivity index (χ3n) is 1.80. The topological polar surface area (TPSA) is 56.8 Å². The predicted molar refractivity (Wildman–Crippen MR) is 56.8 cm³/mol. The number of carbonyl (C=O) groups excluding carboxylic acids is 1. The maximum Gasteiger partial charge on any atom is 0.325 e. The molecular weight excluding hydrogens is 198 g/mol. The average molecular weight is 219 g/mol. The van der Waals surface area contributed by atoms with Crippen LogP contribution in [0, 0.1) is 0 Å². The van der Waals surface area contributed by atoms with Gasteiger partial charge in [0.25, 0.3) is 0 Å². The van der Waals surface area contributed by atoms with Gasteiger partial charge in [0.1, 0.15) is 6.04 Å². The van der Waals surface area contributed by atoms with E-state index in [2.05, 4.69) is 10.1 Å². The molecule has 5 nitrogen and oxygen atoms in total. The highest BCUT2D eigenvalue weighted by Gasteiger charge is 2.17. The van der Waals surface area contributed by atoms with Crippen molar-refractivity contribution in [3.05, 3.63) is 0 Å². The molecule has 0 aliphatic rings. The fourth-order valence-corrected chi connectivity index (χ4v) is 1.06. The van der Waals surface area contributed by atoms with Gasteiger partial charge in [-0.25, -0.2) is 0 Å². The Morgan fingerprint density at radius 1 is 1.27 bits per heavy atom. The molecule has 5 heteroatoms. The first-order valence-electron chi connectivity index (χ1n) is 5.22. The fourth-order valence-electron chi connectivity index (χ4n) is 1.06. The summed E-state index contributed by atoms with van der Waals surface area (Å²) in [5.41, 5.74) is 0. The molecule has 15 heavy (non-hydrogen) atoms. The first kappa shape index (κ1) is 14.3. The van der Waals surface area contributed by atoms with E-state index >= 15 is 0 Å². The normalized spacial score (nSPS) is 12.5. The van der Waals surface area contributed by atoms with Crippen molar-refractivity contribution >= 4 is 5.97 Å². The van der Waals surface area contributed by atoms with Gasteiger partial charge in [-0.05, 0) is 13.5 Å². The summed E-state index contributed by atoms with van der Waals surface area (Å²) in [5, 5.41) is 2.98. The average Bonchev–Trinajstić information content (AvgIpc) is 2.26. The molecule has 0 bridgehead atoms. The van der Waals surface area contributed by atoms with Gasteiger partial charge in [-0.3, -0.25) is 4.79 Å². The molecule has 0 aromatic rings. The highest BCUT2D eigenvalue weighted by Crippen LogP contribution is 1.90. The van der Waals surface area contributed by atoms with Crippen LogP contribution in [-0.4, -0.2) is 52.1 Å². The Labute approximate surface area is 91.1 Å². The predicted octanol–water partition coefficient (Wildman–Crippen LogP) is 0.191. The molecule has 0 fully saturated rings. The van der Waals surface area contributed by atoms with Crippen molar-refractivity contribution in [3.8, 4) is 0 Å². The molecule has 1 unspecified atom stereocenters. The molecule has 0 aromatic carbocycles. The number of carbonyl (C=O) groups is 1. The third-order valence-corrected chi connectivity index (χ3v) is 1.80. The summed E-state index contributed by atoms with van der Waals surface area (Å²) in [6, 6.07) is -0.387. The maximum atomic E-state index is 11.2. The fraction of sp³-hybridized carbons (Fsp3) is 0.900. The van der Waals surface area contributed by atoms with Gasteiger partial charge in [-0.2, -0.15) is 0 Å². The van der Waals surface area contributed by atoms with Crippen LogP contribution in [0.15, 0.2) is 0 Å². The van der Waals surface area contributed by atoms with Gasteiger partial charge < -0.3 is 19.5 Å². The second-order valence-electron chi connectivity index (χ2n) is 2.91. The molecule has 0 saturated carbocycles. The Morgan fingerprint density at radius 3 is 2.47 bits per heavy atom. The minimum absolute atomic E-state index is 0.298. The zero-order valence-electron chi connectivity index (χ0n) is 9.75. The smallest absolute Gasteiger partial charge is 0.325 e. The van der Waals surface area contributed by atoms with Crippen molar-refractivity contribution in [2.45, 2.75) is 19.9 Å². The lowest BCUT2D eigenvalue weighted by molar-refractivity contribution is -0.145. The second kappa shape index (κ2) is 9.89. The molecule has 0 aromatic heterocycles. The Hall–Kier alpha value is -0.650. The van der Waals surface area contributed by atoms with Crippen LogP contribution < -0.4 is 5.32 Å². The van der Waals surface area contributed by atoms with Crippen molar-refractivity contribution in [1.29, 1.82) is 0 Å². The van der Waals surface area contributed by atoms with Crippen molar-refractivity contribution in [2.24, 2.45) is 0 Å². The standard InChI is InChI=1S/C10H21NO4/c1-4-11-9(10(12)13-3)8-15-7-6-14-5-2/h9,11H,4-8H2,1-3H3. The number of ether oxygens (including phenoxy) is 3. The SMILES string of the molecule is CCNC(COCCOCC)C(=O)OC. The third kappa shape index (κ3) is 7.30. The summed E-state index contributed by atoms with van der Waals surface area (Å²) in [5.74, 6) is -0.298. The van der Waals surface area contributed by atoms with Crippen LogP contribution in [0.5, 0.6) is 0 Å². The van der Waals surface area contributed by atoms with Crippen molar-refractivity contribution in [2.75, 3.05) is 40.1 Å². The molecule has 1 atom stereocenters. The van der Waals surface area contributed by atoms with Gasteiger partial charge in [0.15, 0.2) is 0 Å². The van der Waals surface area contributed by atoms with Crippen LogP contribution in [0.3, 0.4) is 0 Å². The molecule has 90 valence electrons. The Bertz CT molecular complexity index is 164. The Kier molecular flexibility index (Phi) is 9.46. The molecule has 0 spiro atoms. The quantitative estimate of drug-likeness (QED) is 0.443. The second-order valence-corrected chi connectivity index (χ2v) is 2.91. The van der Waals surface area contributed by atoms with Crippen molar-refractivity contribution < 1.29 is 19.0 Å². The van der Waals surface area contributed by atoms with Gasteiger partial charge in [-0.15, -0.1) is 0 Å². The molecule has 0 aliphatic heterocycles. The lowest BCUT2D eigenvalue weighted by Crippen LogP contribution is -2.41. The minimum Gasteiger partial charge on any atom is -0.468 e. The summed E-state index contributed by atoms with van der Waals surface area (Å²) >= 11 is 0. The summed E-state index contributed by atoms with van der Waals surface area (Å²) < 4.78 is 15.0. The van der Waals surface area contributed by atoms with E-state index in [1.54, 1.807) is 0 Å². The molecule has 0 rings (SSSR count). The monoisotopic (exact) mass is 219 g/mol. The lowest BCUT2D eigenvalue weighted by Gasteiger charge is -2.15. The van der Waals surface area contributed by atoms with E-state index in [0.29, 0.717) is 33.0 Å². The maximum absolute atomic E-state index is 11.2. The van der Waals surface area contributed by atoms with Crippen molar-refractivity contribution in [1.82, 2.24) is 5.32 Å². The van der Waals surface area contributed by atoms with E-state index in [4.69, 9.17) is 9.47 Å². The molecular formula is C10H21NO4. The number of rotatable bonds is 9. The number of esters is 1. The minimum atomic E-state index is -0.387. The first-order valence-corrected chi connectivity index (χ1v) is 5.22. The summed E-state index contributed by atoms with van der Waals surface area (Å²) in [4.78, 5) is 11.2. The summed E-state index contributed by atoms with van der Waals surface area (Å²) in [7, 11) is 1.37. The number of methoxy groups -OCH3 is 1. The highest BCUT2D eigenvalue weighted by molar-refractivity contribution is 5.75. The van der Waals surface area contributed by atoms with Crippen LogP contribution in [-0.2, 0) is 19.0 Å². The van der Waals surface area contributed by atoms with E-state index in [1.807, 2.05) is 13.8 Å². The zero-order valence-corrected chi connectivity index (χ0v) is 9.75. The van der Waals surface area contributed by atoms with Gasteiger partial charge in [0, 0.05) is 6.61 Å². The summed E-state index contributed by atoms with van der Waals surface area (Å²) in [6.07, 6.45) is 0. The van der Waals surface area contributed by atoms with Gasteiger partial charge in [-0.1, -0.05) is 6.92 Å². The number of hydrogen-bond donors (Lipinski definition) is 1. The van der Waals surface area contributed by atoms with Gasteiger partial charge in [0.05, 0.1) is 26.9 Å². The van der Waals surface area contributed by atoms with E-state index < -0.39 is 0 Å². The molecule has 1 N–H and O–H groups in total. The van der Waals surface area contributed by atoms with E-state index in [1.165, 1.54) is 7.11 Å². The first-order chi connectivity index (χ1) is 7.26. The van der Waals surface area contributed by atoms with Crippen LogP contribution in [0.2, 0.25) is 0 Å².